The van der Waals surface area contributed by atoms with E-state index in [9.17, 15) is 24.3 Å². The number of imide groups is 2. The van der Waals surface area contributed by atoms with Gasteiger partial charge in [0.1, 0.15) is 11.5 Å². The maximum Gasteiger partial charge on any atom is 0.254 e. The van der Waals surface area contributed by atoms with Crippen molar-refractivity contribution in [3.05, 3.63) is 35.4 Å². The Hall–Kier alpha value is -2.10. The summed E-state index contributed by atoms with van der Waals surface area (Å²) in [4.78, 5) is 52.5. The largest absolute Gasteiger partial charge is 0.508 e. The Morgan fingerprint density at radius 3 is 2.47 bits per heavy atom. The molecule has 1 aromatic carbocycles. The van der Waals surface area contributed by atoms with Crippen LogP contribution in [0.25, 0.3) is 0 Å². The molecule has 0 radical (unpaired) electrons. The van der Waals surface area contributed by atoms with Crippen LogP contribution in [0.1, 0.15) is 37.7 Å². The average Bonchev–Trinajstić information content (AvgIpc) is 3.18. The van der Waals surface area contributed by atoms with Gasteiger partial charge in [0.25, 0.3) is 11.8 Å². The molecule has 6 atom stereocenters. The van der Waals surface area contributed by atoms with Gasteiger partial charge in [0, 0.05) is 24.1 Å². The molecule has 3 fully saturated rings. The molecule has 5 rings (SSSR count). The monoisotopic (exact) mass is 598 g/mol. The van der Waals surface area contributed by atoms with E-state index < -0.39 is 45.2 Å². The number of carbonyl (C=O) groups is 4. The van der Waals surface area contributed by atoms with Crippen LogP contribution in [0.4, 0.5) is 0 Å². The van der Waals surface area contributed by atoms with Gasteiger partial charge >= 0.3 is 0 Å². The minimum atomic E-state index is -1.91. The SMILES string of the molecule is CCCN1C(=O)C2CC=C3C(CC4(Cl)C(=O)N(CBr)C(=O)C4(Cl)C3c3ccc(O)cc3OC)C2C1=O. The maximum atomic E-state index is 13.7. The van der Waals surface area contributed by atoms with E-state index in [1.54, 1.807) is 6.07 Å². The smallest absolute Gasteiger partial charge is 0.254 e. The second-order valence-electron chi connectivity index (χ2n) is 9.74. The number of ether oxygens (including phenoxy) is 1. The summed E-state index contributed by atoms with van der Waals surface area (Å²) in [5, 5.41) is 10.1. The minimum absolute atomic E-state index is 0.0518. The highest BCUT2D eigenvalue weighted by molar-refractivity contribution is 9.09. The zero-order valence-corrected chi connectivity index (χ0v) is 22.8. The van der Waals surface area contributed by atoms with E-state index in [0.717, 1.165) is 4.90 Å². The lowest BCUT2D eigenvalue weighted by Gasteiger charge is -2.51. The summed E-state index contributed by atoms with van der Waals surface area (Å²) in [6.45, 7) is 2.22. The number of hydrogen-bond acceptors (Lipinski definition) is 6. The van der Waals surface area contributed by atoms with E-state index in [0.29, 0.717) is 30.5 Å². The fourth-order valence-corrected chi connectivity index (χ4v) is 7.96. The molecule has 2 aliphatic heterocycles. The van der Waals surface area contributed by atoms with Crippen molar-refractivity contribution in [2.45, 2.75) is 41.9 Å². The lowest BCUT2D eigenvalue weighted by molar-refractivity contribution is -0.141. The first-order chi connectivity index (χ1) is 17.1. The van der Waals surface area contributed by atoms with Gasteiger partial charge in [0.15, 0.2) is 9.75 Å². The Morgan fingerprint density at radius 2 is 1.83 bits per heavy atom. The molecule has 6 unspecified atom stereocenters. The summed E-state index contributed by atoms with van der Waals surface area (Å²) in [7, 11) is 1.42. The van der Waals surface area contributed by atoms with Gasteiger partial charge in [-0.05, 0) is 31.2 Å². The molecule has 4 aliphatic rings. The number of halogens is 3. The topological polar surface area (TPSA) is 104 Å². The van der Waals surface area contributed by atoms with E-state index in [4.69, 9.17) is 27.9 Å². The molecular weight excluding hydrogens is 575 g/mol. The fourth-order valence-electron chi connectivity index (χ4n) is 6.55. The third-order valence-electron chi connectivity index (χ3n) is 8.08. The standard InChI is InChI=1S/C25H25BrCl2N2O6/c1-3-8-29-20(32)15-7-6-13-16(18(15)21(29)33)10-24(27)22(34)30(11-26)23(35)25(24,28)19(13)14-5-4-12(31)9-17(14)36-2/h4-6,9,15-16,18-19,31H,3,7-8,10-11H2,1-2H3. The van der Waals surface area contributed by atoms with Crippen LogP contribution in [0.3, 0.4) is 0 Å². The molecule has 2 heterocycles. The van der Waals surface area contributed by atoms with E-state index in [-0.39, 0.29) is 35.2 Å². The molecule has 1 aromatic rings. The summed E-state index contributed by atoms with van der Waals surface area (Å²) in [5.74, 6) is -4.35. The Balaban J connectivity index is 1.74. The summed E-state index contributed by atoms with van der Waals surface area (Å²) >= 11 is 17.5. The molecule has 0 bridgehead atoms. The molecule has 0 spiro atoms. The zero-order chi connectivity index (χ0) is 26.2. The number of fused-ring (bicyclic) bond motifs is 4. The third-order valence-corrected chi connectivity index (χ3v) is 10.00. The van der Waals surface area contributed by atoms with Gasteiger partial charge in [-0.25, -0.2) is 0 Å². The van der Waals surface area contributed by atoms with Crippen molar-refractivity contribution < 1.29 is 29.0 Å². The lowest BCUT2D eigenvalue weighted by Crippen LogP contribution is -2.60. The summed E-state index contributed by atoms with van der Waals surface area (Å²) in [6, 6.07) is 4.44. The molecule has 2 aliphatic carbocycles. The van der Waals surface area contributed by atoms with Crippen LogP contribution in [-0.2, 0) is 19.2 Å². The minimum Gasteiger partial charge on any atom is -0.508 e. The van der Waals surface area contributed by atoms with Gasteiger partial charge in [-0.1, -0.05) is 40.6 Å². The highest BCUT2D eigenvalue weighted by Crippen LogP contribution is 2.66. The Labute approximate surface area is 226 Å². The number of benzene rings is 1. The van der Waals surface area contributed by atoms with Crippen molar-refractivity contribution >= 4 is 62.8 Å². The van der Waals surface area contributed by atoms with E-state index in [1.807, 2.05) is 13.0 Å². The first kappa shape index (κ1) is 25.5. The number of rotatable bonds is 5. The van der Waals surface area contributed by atoms with Gasteiger partial charge in [-0.3, -0.25) is 29.0 Å². The van der Waals surface area contributed by atoms with Crippen molar-refractivity contribution in [2.75, 3.05) is 19.1 Å². The van der Waals surface area contributed by atoms with Gasteiger partial charge in [0.2, 0.25) is 11.8 Å². The summed E-state index contributed by atoms with van der Waals surface area (Å²) in [5.41, 5.74) is 1.05. The number of alkyl halides is 3. The quantitative estimate of drug-likeness (QED) is 0.240. The van der Waals surface area contributed by atoms with Crippen LogP contribution < -0.4 is 4.74 Å². The van der Waals surface area contributed by atoms with Crippen LogP contribution in [-0.4, -0.2) is 67.4 Å². The molecule has 1 N–H and O–H groups in total. The van der Waals surface area contributed by atoms with Crippen LogP contribution in [0.15, 0.2) is 29.8 Å². The highest BCUT2D eigenvalue weighted by Gasteiger charge is 2.76. The molecule has 1 saturated carbocycles. The van der Waals surface area contributed by atoms with Crippen molar-refractivity contribution in [3.63, 3.8) is 0 Å². The predicted molar refractivity (Wildman–Crippen MR) is 135 cm³/mol. The molecular formula is C25H25BrCl2N2O6. The van der Waals surface area contributed by atoms with Gasteiger partial charge in [-0.2, -0.15) is 0 Å². The maximum absolute atomic E-state index is 13.7. The number of carbonyl (C=O) groups excluding carboxylic acids is 4. The number of phenolic OH excluding ortho intramolecular Hbond substituents is 1. The van der Waals surface area contributed by atoms with Crippen molar-refractivity contribution in [1.29, 1.82) is 0 Å². The first-order valence-corrected chi connectivity index (χ1v) is 13.7. The Kier molecular flexibility index (Phi) is 6.20. The number of likely N-dealkylation sites (tertiary alicyclic amines) is 2. The first-order valence-electron chi connectivity index (χ1n) is 11.8. The fraction of sp³-hybridized carbons (Fsp3) is 0.520. The van der Waals surface area contributed by atoms with E-state index in [2.05, 4.69) is 15.9 Å². The number of aromatic hydroxyl groups is 1. The van der Waals surface area contributed by atoms with Crippen molar-refractivity contribution in [3.8, 4) is 11.5 Å². The summed E-state index contributed by atoms with van der Waals surface area (Å²) in [6.07, 6.45) is 2.75. The predicted octanol–water partition coefficient (Wildman–Crippen LogP) is 3.52. The van der Waals surface area contributed by atoms with Gasteiger partial charge in [-0.15, -0.1) is 23.2 Å². The number of nitrogens with zero attached hydrogens (tertiary/aromatic N) is 2. The lowest BCUT2D eigenvalue weighted by atomic mass is 9.56. The van der Waals surface area contributed by atoms with E-state index >= 15 is 0 Å². The van der Waals surface area contributed by atoms with E-state index in [1.165, 1.54) is 24.1 Å². The van der Waals surface area contributed by atoms with Crippen LogP contribution in [0, 0.1) is 17.8 Å². The van der Waals surface area contributed by atoms with Gasteiger partial charge < -0.3 is 9.84 Å². The molecule has 8 nitrogen and oxygen atoms in total. The number of amides is 4. The number of allylic oxidation sites excluding steroid dienone is 2. The second kappa shape index (κ2) is 8.74. The molecule has 0 aromatic heterocycles. The Morgan fingerprint density at radius 1 is 1.11 bits per heavy atom. The number of methoxy groups -OCH3 is 1. The molecule has 36 heavy (non-hydrogen) atoms. The molecule has 2 saturated heterocycles. The zero-order valence-electron chi connectivity index (χ0n) is 19.7. The average molecular weight is 600 g/mol. The van der Waals surface area contributed by atoms with Crippen LogP contribution in [0.5, 0.6) is 11.5 Å². The number of phenols is 1. The molecule has 192 valence electrons. The highest BCUT2D eigenvalue weighted by atomic mass is 79.9. The van der Waals surface area contributed by atoms with Crippen molar-refractivity contribution in [1.82, 2.24) is 9.80 Å². The Bertz CT molecular complexity index is 1220. The molecule has 4 amide bonds. The molecule has 11 heteroatoms. The normalized spacial score (nSPS) is 35.5. The second-order valence-corrected chi connectivity index (χ2v) is 11.5. The third kappa shape index (κ3) is 3.11. The summed E-state index contributed by atoms with van der Waals surface area (Å²) < 4.78 is 5.54. The number of hydrogen-bond donors (Lipinski definition) is 1. The van der Waals surface area contributed by atoms with Crippen LogP contribution in [0.2, 0.25) is 0 Å². The van der Waals surface area contributed by atoms with Crippen LogP contribution >= 0.6 is 39.1 Å². The van der Waals surface area contributed by atoms with Gasteiger partial charge in [0.05, 0.1) is 24.4 Å². The van der Waals surface area contributed by atoms with Crippen molar-refractivity contribution in [2.24, 2.45) is 17.8 Å².